The van der Waals surface area contributed by atoms with Crippen LogP contribution in [0.1, 0.15) is 5.56 Å². The van der Waals surface area contributed by atoms with Gasteiger partial charge in [0.1, 0.15) is 0 Å². The molecule has 0 saturated carbocycles. The molecule has 0 unspecified atom stereocenters. The number of rotatable bonds is 2. The fraction of sp³-hybridized carbons (Fsp3) is 0.143. The van der Waals surface area contributed by atoms with Gasteiger partial charge in [0.25, 0.3) is 0 Å². The molecular formula is C21H16N2OS2. The number of aromatic nitrogens is 2. The third-order valence-corrected chi connectivity index (χ3v) is 6.99. The lowest BCUT2D eigenvalue weighted by atomic mass is 10.1. The van der Waals surface area contributed by atoms with Gasteiger partial charge < -0.3 is 4.74 Å². The third kappa shape index (κ3) is 2.50. The predicted octanol–water partition coefficient (Wildman–Crippen LogP) is 5.68. The van der Waals surface area contributed by atoms with Crippen molar-refractivity contribution in [3.8, 4) is 27.8 Å². The summed E-state index contributed by atoms with van der Waals surface area (Å²) in [6, 6.07) is 18.7. The molecule has 0 amide bonds. The van der Waals surface area contributed by atoms with Crippen LogP contribution in [0.2, 0.25) is 0 Å². The van der Waals surface area contributed by atoms with E-state index in [1.54, 1.807) is 7.11 Å². The smallest absolute Gasteiger partial charge is 0.220 e. The average molecular weight is 377 g/mol. The Morgan fingerprint density at radius 1 is 0.962 bits per heavy atom. The van der Waals surface area contributed by atoms with Gasteiger partial charge in [0.15, 0.2) is 5.82 Å². The van der Waals surface area contributed by atoms with Gasteiger partial charge in [0, 0.05) is 31.9 Å². The Hall–Kier alpha value is -2.37. The van der Waals surface area contributed by atoms with E-state index in [9.17, 15) is 0 Å². The molecule has 3 heterocycles. The molecule has 5 rings (SSSR count). The lowest BCUT2D eigenvalue weighted by Gasteiger charge is -2.12. The molecule has 0 bridgehead atoms. The summed E-state index contributed by atoms with van der Waals surface area (Å²) in [5, 5.41) is 1.32. The molecule has 0 N–H and O–H groups in total. The Morgan fingerprint density at radius 3 is 2.62 bits per heavy atom. The van der Waals surface area contributed by atoms with Crippen molar-refractivity contribution in [1.82, 2.24) is 9.97 Å². The van der Waals surface area contributed by atoms with Crippen LogP contribution < -0.4 is 4.74 Å². The molecule has 26 heavy (non-hydrogen) atoms. The number of hydrogen-bond acceptors (Lipinski definition) is 5. The Bertz CT molecular complexity index is 1110. The van der Waals surface area contributed by atoms with Gasteiger partial charge in [-0.15, -0.1) is 23.1 Å². The van der Waals surface area contributed by atoms with E-state index < -0.39 is 0 Å². The standard InChI is InChI=1S/C21H16N2OS2/c1-24-21-15-11-12-25-18-14-9-5-6-10-16(14)26-19(18)17(15)22-20(23-21)13-7-3-2-4-8-13/h2-10H,11-12H2,1H3. The average Bonchev–Trinajstić information content (AvgIpc) is 2.97. The number of thiophene rings is 1. The second-order valence-electron chi connectivity index (χ2n) is 6.10. The molecule has 2 aromatic heterocycles. The Labute approximate surface area is 160 Å². The van der Waals surface area contributed by atoms with Crippen LogP contribution in [0, 0.1) is 0 Å². The minimum absolute atomic E-state index is 0.694. The second kappa shape index (κ2) is 6.41. The van der Waals surface area contributed by atoms with Crippen LogP contribution in [0.15, 0.2) is 59.5 Å². The maximum absolute atomic E-state index is 5.66. The van der Waals surface area contributed by atoms with Crippen LogP contribution in [0.4, 0.5) is 0 Å². The summed E-state index contributed by atoms with van der Waals surface area (Å²) in [6.07, 6.45) is 0.911. The van der Waals surface area contributed by atoms with Gasteiger partial charge in [-0.05, 0) is 12.5 Å². The van der Waals surface area contributed by atoms with Gasteiger partial charge in [0.2, 0.25) is 5.88 Å². The molecular weight excluding hydrogens is 360 g/mol. The summed E-state index contributed by atoms with van der Waals surface area (Å²) in [5.41, 5.74) is 3.15. The van der Waals surface area contributed by atoms with Crippen molar-refractivity contribution in [3.63, 3.8) is 0 Å². The number of hydrogen-bond donors (Lipinski definition) is 0. The number of methoxy groups -OCH3 is 1. The highest BCUT2D eigenvalue weighted by Gasteiger charge is 2.25. The number of fused-ring (bicyclic) bond motifs is 5. The first-order valence-corrected chi connectivity index (χ1v) is 10.3. The van der Waals surface area contributed by atoms with Crippen LogP contribution in [0.25, 0.3) is 32.0 Å². The highest BCUT2D eigenvalue weighted by atomic mass is 32.2. The van der Waals surface area contributed by atoms with Crippen molar-refractivity contribution in [2.75, 3.05) is 12.9 Å². The van der Waals surface area contributed by atoms with E-state index >= 15 is 0 Å². The zero-order valence-electron chi connectivity index (χ0n) is 14.2. The molecule has 0 aliphatic carbocycles. The summed E-state index contributed by atoms with van der Waals surface area (Å²) >= 11 is 3.72. The SMILES string of the molecule is COc1nc(-c2ccccc2)nc2c1CCSc1c-2sc2ccccc12. The first kappa shape index (κ1) is 15.9. The van der Waals surface area contributed by atoms with E-state index in [-0.39, 0.29) is 0 Å². The number of thioether (sulfide) groups is 1. The van der Waals surface area contributed by atoms with Gasteiger partial charge in [-0.25, -0.2) is 4.98 Å². The molecule has 2 aromatic carbocycles. The van der Waals surface area contributed by atoms with Crippen molar-refractivity contribution in [2.24, 2.45) is 0 Å². The lowest BCUT2D eigenvalue weighted by Crippen LogP contribution is -2.03. The summed E-state index contributed by atoms with van der Waals surface area (Å²) < 4.78 is 6.97. The molecule has 0 saturated heterocycles. The van der Waals surface area contributed by atoms with E-state index in [4.69, 9.17) is 14.7 Å². The molecule has 0 fully saturated rings. The Morgan fingerprint density at radius 2 is 1.77 bits per heavy atom. The highest BCUT2D eigenvalue weighted by molar-refractivity contribution is 7.99. The summed E-state index contributed by atoms with van der Waals surface area (Å²) in [6.45, 7) is 0. The second-order valence-corrected chi connectivity index (χ2v) is 8.26. The Balaban J connectivity index is 1.81. The number of ether oxygens (including phenoxy) is 1. The summed E-state index contributed by atoms with van der Waals surface area (Å²) in [5.74, 6) is 2.42. The van der Waals surface area contributed by atoms with Crippen LogP contribution >= 0.6 is 23.1 Å². The molecule has 1 aliphatic heterocycles. The molecule has 128 valence electrons. The van der Waals surface area contributed by atoms with Crippen LogP contribution in [-0.2, 0) is 6.42 Å². The summed E-state index contributed by atoms with van der Waals surface area (Å²) in [4.78, 5) is 12.3. The quantitative estimate of drug-likeness (QED) is 0.451. The van der Waals surface area contributed by atoms with Crippen molar-refractivity contribution in [3.05, 3.63) is 60.2 Å². The minimum atomic E-state index is 0.694. The fourth-order valence-corrected chi connectivity index (χ4v) is 5.89. The normalized spacial score (nSPS) is 13.1. The first-order chi connectivity index (χ1) is 12.8. The van der Waals surface area contributed by atoms with Gasteiger partial charge in [-0.2, -0.15) is 4.98 Å². The fourth-order valence-electron chi connectivity index (χ4n) is 3.34. The molecule has 4 aromatic rings. The molecule has 0 radical (unpaired) electrons. The maximum Gasteiger partial charge on any atom is 0.220 e. The summed E-state index contributed by atoms with van der Waals surface area (Å²) in [7, 11) is 1.70. The maximum atomic E-state index is 5.66. The lowest BCUT2D eigenvalue weighted by molar-refractivity contribution is 0.393. The van der Waals surface area contributed by atoms with Crippen LogP contribution in [-0.4, -0.2) is 22.8 Å². The zero-order chi connectivity index (χ0) is 17.5. The van der Waals surface area contributed by atoms with E-state index in [1.807, 2.05) is 53.4 Å². The molecule has 5 heteroatoms. The van der Waals surface area contributed by atoms with Crippen molar-refractivity contribution >= 4 is 33.2 Å². The van der Waals surface area contributed by atoms with E-state index in [0.717, 1.165) is 34.8 Å². The van der Waals surface area contributed by atoms with Crippen molar-refractivity contribution in [1.29, 1.82) is 0 Å². The topological polar surface area (TPSA) is 35.0 Å². The van der Waals surface area contributed by atoms with E-state index in [1.165, 1.54) is 19.9 Å². The third-order valence-electron chi connectivity index (χ3n) is 4.56. The predicted molar refractivity (Wildman–Crippen MR) is 109 cm³/mol. The number of benzene rings is 2. The largest absolute Gasteiger partial charge is 0.481 e. The molecule has 0 spiro atoms. The van der Waals surface area contributed by atoms with Gasteiger partial charge in [0.05, 0.1) is 17.7 Å². The van der Waals surface area contributed by atoms with Crippen molar-refractivity contribution < 1.29 is 4.74 Å². The van der Waals surface area contributed by atoms with E-state index in [2.05, 4.69) is 24.3 Å². The Kier molecular flexibility index (Phi) is 3.91. The molecule has 3 nitrogen and oxygen atoms in total. The zero-order valence-corrected chi connectivity index (χ0v) is 15.9. The minimum Gasteiger partial charge on any atom is -0.481 e. The van der Waals surface area contributed by atoms with Gasteiger partial charge >= 0.3 is 0 Å². The van der Waals surface area contributed by atoms with E-state index in [0.29, 0.717) is 5.88 Å². The number of nitrogens with zero attached hydrogens (tertiary/aromatic N) is 2. The van der Waals surface area contributed by atoms with Crippen LogP contribution in [0.5, 0.6) is 5.88 Å². The molecule has 1 aliphatic rings. The molecule has 0 atom stereocenters. The van der Waals surface area contributed by atoms with Crippen molar-refractivity contribution in [2.45, 2.75) is 11.3 Å². The highest BCUT2D eigenvalue weighted by Crippen LogP contribution is 2.48. The van der Waals surface area contributed by atoms with Gasteiger partial charge in [-0.1, -0.05) is 48.5 Å². The van der Waals surface area contributed by atoms with Gasteiger partial charge in [-0.3, -0.25) is 0 Å². The van der Waals surface area contributed by atoms with Crippen LogP contribution in [0.3, 0.4) is 0 Å². The monoisotopic (exact) mass is 376 g/mol. The first-order valence-electron chi connectivity index (χ1n) is 8.50.